The third-order valence-electron chi connectivity index (χ3n) is 2.52. The van der Waals surface area contributed by atoms with Crippen molar-refractivity contribution in [1.82, 2.24) is 5.32 Å². The van der Waals surface area contributed by atoms with Gasteiger partial charge in [0.2, 0.25) is 5.91 Å². The summed E-state index contributed by atoms with van der Waals surface area (Å²) in [4.78, 5) is 23.6. The molecule has 1 aromatic rings. The first-order valence-corrected chi connectivity index (χ1v) is 6.89. The summed E-state index contributed by atoms with van der Waals surface area (Å²) in [7, 11) is 0. The van der Waals surface area contributed by atoms with Crippen molar-refractivity contribution in [2.45, 2.75) is 20.3 Å². The molecule has 4 N–H and O–H groups in total. The lowest BCUT2D eigenvalue weighted by molar-refractivity contribution is -0.116. The molecule has 0 heterocycles. The topological polar surface area (TPSA) is 84.2 Å². The van der Waals surface area contributed by atoms with Crippen LogP contribution in [0.1, 0.15) is 30.6 Å². The van der Waals surface area contributed by atoms with E-state index in [-0.39, 0.29) is 17.7 Å². The van der Waals surface area contributed by atoms with E-state index in [2.05, 4.69) is 10.6 Å². The number of nitrogens with one attached hydrogen (secondary N) is 2. The Kier molecular flexibility index (Phi) is 6.48. The zero-order valence-electron chi connectivity index (χ0n) is 11.7. The SMILES string of the molecule is CC(C)CC(=O)Nc1ccc(Cl)c(C(=O)NCCN)c1. The third kappa shape index (κ3) is 5.19. The van der Waals surface area contributed by atoms with Gasteiger partial charge in [-0.15, -0.1) is 0 Å². The maximum atomic E-state index is 11.9. The minimum atomic E-state index is -0.305. The van der Waals surface area contributed by atoms with Gasteiger partial charge >= 0.3 is 0 Å². The molecule has 0 saturated carbocycles. The van der Waals surface area contributed by atoms with Crippen molar-refractivity contribution in [2.24, 2.45) is 11.7 Å². The highest BCUT2D eigenvalue weighted by Crippen LogP contribution is 2.21. The van der Waals surface area contributed by atoms with Crippen molar-refractivity contribution in [3.05, 3.63) is 28.8 Å². The number of anilines is 1. The number of benzene rings is 1. The van der Waals surface area contributed by atoms with Gasteiger partial charge in [-0.3, -0.25) is 9.59 Å². The van der Waals surface area contributed by atoms with Crippen LogP contribution in [0, 0.1) is 5.92 Å². The Bertz CT molecular complexity index is 489. The first-order chi connectivity index (χ1) is 9.43. The van der Waals surface area contributed by atoms with Gasteiger partial charge in [0.1, 0.15) is 0 Å². The van der Waals surface area contributed by atoms with Crippen LogP contribution in [0.2, 0.25) is 5.02 Å². The quantitative estimate of drug-likeness (QED) is 0.751. The Morgan fingerprint density at radius 2 is 2.05 bits per heavy atom. The van der Waals surface area contributed by atoms with Crippen LogP contribution in [0.25, 0.3) is 0 Å². The molecule has 6 heteroatoms. The minimum absolute atomic E-state index is 0.0874. The van der Waals surface area contributed by atoms with Gasteiger partial charge in [-0.25, -0.2) is 0 Å². The number of halogens is 1. The van der Waals surface area contributed by atoms with E-state index >= 15 is 0 Å². The molecule has 0 aromatic heterocycles. The second-order valence-electron chi connectivity index (χ2n) is 4.89. The van der Waals surface area contributed by atoms with Crippen LogP contribution < -0.4 is 16.4 Å². The van der Waals surface area contributed by atoms with E-state index in [4.69, 9.17) is 17.3 Å². The minimum Gasteiger partial charge on any atom is -0.351 e. The molecule has 0 aliphatic rings. The average Bonchev–Trinajstić information content (AvgIpc) is 2.37. The molecular weight excluding hydrogens is 278 g/mol. The van der Waals surface area contributed by atoms with Gasteiger partial charge in [-0.1, -0.05) is 25.4 Å². The molecule has 1 rings (SSSR count). The van der Waals surface area contributed by atoms with E-state index in [1.807, 2.05) is 13.8 Å². The molecule has 0 unspecified atom stereocenters. The molecule has 1 aromatic carbocycles. The first-order valence-electron chi connectivity index (χ1n) is 6.51. The second-order valence-corrected chi connectivity index (χ2v) is 5.29. The smallest absolute Gasteiger partial charge is 0.252 e. The number of carbonyl (C=O) groups excluding carboxylic acids is 2. The first kappa shape index (κ1) is 16.5. The lowest BCUT2D eigenvalue weighted by Crippen LogP contribution is -2.29. The molecule has 0 radical (unpaired) electrons. The van der Waals surface area contributed by atoms with E-state index in [1.54, 1.807) is 18.2 Å². The Hall–Kier alpha value is -1.59. The van der Waals surface area contributed by atoms with Gasteiger partial charge in [-0.2, -0.15) is 0 Å². The predicted octanol–water partition coefficient (Wildman–Crippen LogP) is 2.01. The Labute approximate surface area is 123 Å². The maximum Gasteiger partial charge on any atom is 0.252 e. The summed E-state index contributed by atoms with van der Waals surface area (Å²) >= 11 is 5.99. The molecule has 0 saturated heterocycles. The van der Waals surface area contributed by atoms with Crippen molar-refractivity contribution >= 4 is 29.1 Å². The highest BCUT2D eigenvalue weighted by molar-refractivity contribution is 6.34. The fourth-order valence-corrected chi connectivity index (χ4v) is 1.84. The second kappa shape index (κ2) is 7.87. The molecule has 0 aliphatic carbocycles. The molecule has 2 amide bonds. The van der Waals surface area contributed by atoms with Crippen molar-refractivity contribution in [3.63, 3.8) is 0 Å². The number of amides is 2. The van der Waals surface area contributed by atoms with Crippen LogP contribution in [-0.4, -0.2) is 24.9 Å². The third-order valence-corrected chi connectivity index (χ3v) is 2.85. The molecule has 0 fully saturated rings. The van der Waals surface area contributed by atoms with Crippen molar-refractivity contribution < 1.29 is 9.59 Å². The molecule has 0 bridgehead atoms. The van der Waals surface area contributed by atoms with Crippen LogP contribution >= 0.6 is 11.6 Å². The summed E-state index contributed by atoms with van der Waals surface area (Å²) in [5.41, 5.74) is 6.21. The van der Waals surface area contributed by atoms with Gasteiger partial charge in [0, 0.05) is 25.2 Å². The van der Waals surface area contributed by atoms with E-state index in [0.29, 0.717) is 35.8 Å². The number of nitrogens with two attached hydrogens (primary N) is 1. The van der Waals surface area contributed by atoms with Crippen LogP contribution in [0.5, 0.6) is 0 Å². The summed E-state index contributed by atoms with van der Waals surface area (Å²) in [6, 6.07) is 4.82. The highest BCUT2D eigenvalue weighted by Gasteiger charge is 2.12. The summed E-state index contributed by atoms with van der Waals surface area (Å²) in [5.74, 6) is -0.120. The normalized spacial score (nSPS) is 10.4. The van der Waals surface area contributed by atoms with Gasteiger partial charge < -0.3 is 16.4 Å². The van der Waals surface area contributed by atoms with E-state index in [9.17, 15) is 9.59 Å². The fourth-order valence-electron chi connectivity index (χ4n) is 1.64. The maximum absolute atomic E-state index is 11.9. The number of rotatable bonds is 6. The molecule has 5 nitrogen and oxygen atoms in total. The molecular formula is C14H20ClN3O2. The van der Waals surface area contributed by atoms with Gasteiger partial charge in [0.15, 0.2) is 0 Å². The lowest BCUT2D eigenvalue weighted by atomic mass is 10.1. The zero-order valence-corrected chi connectivity index (χ0v) is 12.5. The van der Waals surface area contributed by atoms with Crippen LogP contribution in [-0.2, 0) is 4.79 Å². The van der Waals surface area contributed by atoms with Crippen LogP contribution in [0.4, 0.5) is 5.69 Å². The van der Waals surface area contributed by atoms with Gasteiger partial charge in [0.05, 0.1) is 10.6 Å². The van der Waals surface area contributed by atoms with E-state index in [1.165, 1.54) is 0 Å². The number of hydrogen-bond donors (Lipinski definition) is 3. The molecule has 110 valence electrons. The van der Waals surface area contributed by atoms with Gasteiger partial charge in [0.25, 0.3) is 5.91 Å². The number of carbonyl (C=O) groups is 2. The summed E-state index contributed by atoms with van der Waals surface area (Å²) in [5, 5.41) is 5.73. The summed E-state index contributed by atoms with van der Waals surface area (Å²) < 4.78 is 0. The largest absolute Gasteiger partial charge is 0.351 e. The Morgan fingerprint density at radius 1 is 1.35 bits per heavy atom. The van der Waals surface area contributed by atoms with E-state index in [0.717, 1.165) is 0 Å². The predicted molar refractivity (Wildman–Crippen MR) is 80.9 cm³/mol. The van der Waals surface area contributed by atoms with Crippen molar-refractivity contribution in [3.8, 4) is 0 Å². The van der Waals surface area contributed by atoms with Gasteiger partial charge in [-0.05, 0) is 24.1 Å². The Balaban J connectivity index is 2.80. The summed E-state index contributed by atoms with van der Waals surface area (Å²) in [6.07, 6.45) is 0.428. The number of hydrogen-bond acceptors (Lipinski definition) is 3. The molecule has 20 heavy (non-hydrogen) atoms. The van der Waals surface area contributed by atoms with E-state index < -0.39 is 0 Å². The monoisotopic (exact) mass is 297 g/mol. The zero-order chi connectivity index (χ0) is 15.1. The van der Waals surface area contributed by atoms with Crippen molar-refractivity contribution in [2.75, 3.05) is 18.4 Å². The lowest BCUT2D eigenvalue weighted by Gasteiger charge is -2.10. The van der Waals surface area contributed by atoms with Crippen LogP contribution in [0.15, 0.2) is 18.2 Å². The highest BCUT2D eigenvalue weighted by atomic mass is 35.5. The standard InChI is InChI=1S/C14H20ClN3O2/c1-9(2)7-13(19)18-10-3-4-12(15)11(8-10)14(20)17-6-5-16/h3-4,8-9H,5-7,16H2,1-2H3,(H,17,20)(H,18,19). The molecule has 0 spiro atoms. The Morgan fingerprint density at radius 3 is 2.65 bits per heavy atom. The molecule has 0 aliphatic heterocycles. The van der Waals surface area contributed by atoms with Crippen molar-refractivity contribution in [1.29, 1.82) is 0 Å². The molecule has 0 atom stereocenters. The summed E-state index contributed by atoms with van der Waals surface area (Å²) in [6.45, 7) is 4.66. The average molecular weight is 298 g/mol. The fraction of sp³-hybridized carbons (Fsp3) is 0.429. The van der Waals surface area contributed by atoms with Crippen LogP contribution in [0.3, 0.4) is 0 Å².